The molecule has 48 heavy (non-hydrogen) atoms. The van der Waals surface area contributed by atoms with Gasteiger partial charge in [-0.15, -0.1) is 0 Å². The van der Waals surface area contributed by atoms with Gasteiger partial charge in [-0.25, -0.2) is 18.2 Å². The van der Waals surface area contributed by atoms with Crippen molar-refractivity contribution in [3.63, 3.8) is 0 Å². The number of anilines is 2. The average Bonchev–Trinajstić information content (AvgIpc) is 3.63. The van der Waals surface area contributed by atoms with Crippen molar-refractivity contribution in [2.75, 3.05) is 43.9 Å². The van der Waals surface area contributed by atoms with Crippen LogP contribution in [0.15, 0.2) is 22.7 Å². The van der Waals surface area contributed by atoms with Crippen molar-refractivity contribution in [1.29, 1.82) is 5.26 Å². The second-order valence-electron chi connectivity index (χ2n) is 14.6. The highest BCUT2D eigenvalue weighted by Crippen LogP contribution is 2.53. The summed E-state index contributed by atoms with van der Waals surface area (Å²) in [4.78, 5) is 13.8. The van der Waals surface area contributed by atoms with Crippen molar-refractivity contribution < 1.29 is 22.4 Å². The lowest BCUT2D eigenvalue weighted by Gasteiger charge is -2.53. The molecule has 0 bridgehead atoms. The van der Waals surface area contributed by atoms with Crippen molar-refractivity contribution in [3.05, 3.63) is 46.2 Å². The Balaban J connectivity index is 1.21. The number of aromatic nitrogens is 3. The molecule has 3 aliphatic carbocycles. The number of rotatable bonds is 5. The Bertz CT molecular complexity index is 1770. The second-order valence-corrected chi connectivity index (χ2v) is 14.6. The van der Waals surface area contributed by atoms with Crippen LogP contribution >= 0.6 is 0 Å². The third-order valence-corrected chi connectivity index (χ3v) is 11.4. The van der Waals surface area contributed by atoms with E-state index in [1.807, 2.05) is 35.9 Å². The predicted molar refractivity (Wildman–Crippen MR) is 173 cm³/mol. The number of nitrogens with one attached hydrogen (secondary N) is 1. The quantitative estimate of drug-likeness (QED) is 0.363. The first kappa shape index (κ1) is 31.4. The van der Waals surface area contributed by atoms with Gasteiger partial charge in [-0.3, -0.25) is 4.90 Å². The molecule has 1 aromatic carbocycles. The van der Waals surface area contributed by atoms with Crippen LogP contribution in [0.1, 0.15) is 79.9 Å². The molecule has 2 aliphatic heterocycles. The minimum Gasteiger partial charge on any atom is -0.473 e. The Kier molecular flexibility index (Phi) is 7.41. The van der Waals surface area contributed by atoms with Crippen LogP contribution in [-0.4, -0.2) is 83.0 Å². The SMILES string of the molecule is CC(Oc1cc(N2CCNC3(C2)CC(F)(F)C3)nc(-c2noc3c2CCCC32CCCc3ccc(N)c(C#N)c32)n1)C1C(F)CCN1C. The molecule has 1 saturated carbocycles. The Morgan fingerprint density at radius 3 is 2.69 bits per heavy atom. The van der Waals surface area contributed by atoms with Crippen LogP contribution in [0.2, 0.25) is 0 Å². The number of nitrogen functional groups attached to an aromatic ring is 1. The highest BCUT2D eigenvalue weighted by Gasteiger charge is 2.58. The number of nitriles is 1. The number of ether oxygens (including phenoxy) is 1. The van der Waals surface area contributed by atoms with Gasteiger partial charge in [0, 0.05) is 61.9 Å². The van der Waals surface area contributed by atoms with Gasteiger partial charge >= 0.3 is 0 Å². The lowest BCUT2D eigenvalue weighted by molar-refractivity contribution is -0.133. The molecule has 8 rings (SSSR count). The Morgan fingerprint density at radius 1 is 1.17 bits per heavy atom. The van der Waals surface area contributed by atoms with E-state index < -0.39 is 35.2 Å². The zero-order valence-corrected chi connectivity index (χ0v) is 27.4. The van der Waals surface area contributed by atoms with Gasteiger partial charge in [-0.2, -0.15) is 10.2 Å². The smallest absolute Gasteiger partial charge is 0.251 e. The zero-order valence-electron chi connectivity index (χ0n) is 27.4. The summed E-state index contributed by atoms with van der Waals surface area (Å²) >= 11 is 0. The van der Waals surface area contributed by atoms with Crippen LogP contribution in [0.25, 0.3) is 11.5 Å². The number of hydrogen-bond acceptors (Lipinski definition) is 10. The first-order valence-corrected chi connectivity index (χ1v) is 17.1. The monoisotopic (exact) mass is 662 g/mol. The molecule has 3 N–H and O–H groups in total. The molecule has 5 aliphatic rings. The van der Waals surface area contributed by atoms with Gasteiger partial charge in [0.25, 0.3) is 5.92 Å². The van der Waals surface area contributed by atoms with E-state index in [1.54, 1.807) is 6.07 Å². The van der Waals surface area contributed by atoms with Crippen LogP contribution in [0, 0.1) is 11.3 Å². The normalized spacial score (nSPS) is 28.0. The maximum Gasteiger partial charge on any atom is 0.251 e. The molecular weight excluding hydrogens is 621 g/mol. The van der Waals surface area contributed by atoms with Crippen LogP contribution in [-0.2, 0) is 18.3 Å². The van der Waals surface area contributed by atoms with Gasteiger partial charge in [-0.1, -0.05) is 11.2 Å². The maximum atomic E-state index is 14.9. The van der Waals surface area contributed by atoms with Gasteiger partial charge in [0.1, 0.15) is 24.2 Å². The van der Waals surface area contributed by atoms with Crippen LogP contribution in [0.3, 0.4) is 0 Å². The van der Waals surface area contributed by atoms with Crippen LogP contribution in [0.5, 0.6) is 5.88 Å². The molecule has 2 saturated heterocycles. The van der Waals surface area contributed by atoms with Crippen LogP contribution in [0.4, 0.5) is 24.7 Å². The first-order chi connectivity index (χ1) is 23.0. The fraction of sp³-hybridized carbons (Fsp3) is 0.600. The number of benzene rings is 1. The minimum absolute atomic E-state index is 0.226. The number of halogens is 3. The van der Waals surface area contributed by atoms with Crippen LogP contribution < -0.4 is 20.7 Å². The summed E-state index contributed by atoms with van der Waals surface area (Å²) in [6, 6.07) is 7.50. The molecule has 4 atom stereocenters. The topological polar surface area (TPSA) is 129 Å². The number of fused-ring (bicyclic) bond motifs is 4. The summed E-state index contributed by atoms with van der Waals surface area (Å²) in [6.07, 6.45) is 3.41. The number of nitrogens with zero attached hydrogens (tertiary/aromatic N) is 6. The summed E-state index contributed by atoms with van der Waals surface area (Å²) in [5.41, 5.74) is 9.50. The van der Waals surface area contributed by atoms with E-state index in [0.29, 0.717) is 67.6 Å². The third-order valence-electron chi connectivity index (χ3n) is 11.4. The molecule has 4 unspecified atom stereocenters. The number of likely N-dealkylation sites (N-methyl/N-ethyl adjacent to an activating group) is 1. The number of alkyl halides is 3. The maximum absolute atomic E-state index is 14.9. The molecule has 254 valence electrons. The van der Waals surface area contributed by atoms with Gasteiger partial charge in [-0.05, 0) is 76.1 Å². The Morgan fingerprint density at radius 2 is 1.96 bits per heavy atom. The van der Waals surface area contributed by atoms with Crippen molar-refractivity contribution in [3.8, 4) is 23.5 Å². The molecule has 3 aromatic rings. The Labute approximate surface area is 277 Å². The molecule has 10 nitrogen and oxygen atoms in total. The molecule has 0 amide bonds. The standard InChI is InChI=1S/C35H41F3N8O2/c1-20(30-24(36)9-13-45(30)2)47-27-15-26(46-14-12-41-33(19-46)17-35(37,38)18-33)42-32(43-27)29-22-6-4-11-34(31(22)48-44-29)10-3-5-21-7-8-25(40)23(16-39)28(21)34/h7-8,15,20,24,30,41H,3-6,9-14,17-19,40H2,1-2H3. The van der Waals surface area contributed by atoms with E-state index in [1.165, 1.54) is 0 Å². The van der Waals surface area contributed by atoms with E-state index in [4.69, 9.17) is 25.0 Å². The third kappa shape index (κ3) is 5.02. The molecule has 2 spiro atoms. The summed E-state index contributed by atoms with van der Waals surface area (Å²) in [7, 11) is 1.89. The van der Waals surface area contributed by atoms with Crippen molar-refractivity contribution >= 4 is 11.5 Å². The minimum atomic E-state index is -2.68. The zero-order chi connectivity index (χ0) is 33.4. The van der Waals surface area contributed by atoms with E-state index in [-0.39, 0.29) is 18.7 Å². The van der Waals surface area contributed by atoms with E-state index in [9.17, 15) is 18.4 Å². The lowest BCUT2D eigenvalue weighted by Crippen LogP contribution is -2.70. The van der Waals surface area contributed by atoms with Crippen molar-refractivity contribution in [2.24, 2.45) is 0 Å². The Hall–Kier alpha value is -3.89. The van der Waals surface area contributed by atoms with E-state index in [2.05, 4.69) is 16.5 Å². The summed E-state index contributed by atoms with van der Waals surface area (Å²) in [5, 5.41) is 18.1. The second kappa shape index (κ2) is 11.3. The molecule has 0 radical (unpaired) electrons. The predicted octanol–water partition coefficient (Wildman–Crippen LogP) is 4.93. The molecule has 4 heterocycles. The van der Waals surface area contributed by atoms with Crippen molar-refractivity contribution in [1.82, 2.24) is 25.3 Å². The highest BCUT2D eigenvalue weighted by molar-refractivity contribution is 5.67. The average molecular weight is 663 g/mol. The molecule has 2 aromatic heterocycles. The van der Waals surface area contributed by atoms with E-state index >= 15 is 0 Å². The number of aryl methyl sites for hydroxylation is 1. The molecule has 13 heteroatoms. The number of nitrogens with two attached hydrogens (primary N) is 1. The molecular formula is C35H41F3N8O2. The van der Waals surface area contributed by atoms with Gasteiger partial charge < -0.3 is 25.2 Å². The summed E-state index contributed by atoms with van der Waals surface area (Å²) < 4.78 is 55.7. The number of likely N-dealkylation sites (tertiary alicyclic amines) is 1. The lowest BCUT2D eigenvalue weighted by atomic mass is 9.61. The summed E-state index contributed by atoms with van der Waals surface area (Å²) in [6.45, 7) is 3.94. The largest absolute Gasteiger partial charge is 0.473 e. The molecule has 3 fully saturated rings. The number of hydrogen-bond donors (Lipinski definition) is 2. The fourth-order valence-electron chi connectivity index (χ4n) is 9.40. The first-order valence-electron chi connectivity index (χ1n) is 17.1. The van der Waals surface area contributed by atoms with Crippen molar-refractivity contribution in [2.45, 2.75) is 99.9 Å². The summed E-state index contributed by atoms with van der Waals surface area (Å²) in [5.74, 6) is -0.839. The van der Waals surface area contributed by atoms with Gasteiger partial charge in [0.15, 0.2) is 17.3 Å². The van der Waals surface area contributed by atoms with Gasteiger partial charge in [0.2, 0.25) is 5.88 Å². The number of piperazine rings is 1. The highest BCUT2D eigenvalue weighted by atomic mass is 19.3. The van der Waals surface area contributed by atoms with E-state index in [0.717, 1.165) is 54.6 Å². The fourth-order valence-corrected chi connectivity index (χ4v) is 9.40. The van der Waals surface area contributed by atoms with Gasteiger partial charge in [0.05, 0.1) is 17.0 Å².